The summed E-state index contributed by atoms with van der Waals surface area (Å²) in [7, 11) is 0. The third kappa shape index (κ3) is 3.56. The second-order valence-electron chi connectivity index (χ2n) is 3.35. The standard InChI is InChI=1S/C11H8BrCl2N3/c12-8-3-1-7(2-4-8)6-15-9-5-10(13)16-17-11(9)14/h1-5H,6H2,(H,15,16). The van der Waals surface area contributed by atoms with E-state index in [4.69, 9.17) is 23.2 Å². The van der Waals surface area contributed by atoms with Crippen molar-refractivity contribution < 1.29 is 0 Å². The van der Waals surface area contributed by atoms with Crippen molar-refractivity contribution in [1.82, 2.24) is 10.2 Å². The molecular formula is C11H8BrCl2N3. The van der Waals surface area contributed by atoms with Gasteiger partial charge in [-0.3, -0.25) is 0 Å². The number of benzene rings is 1. The van der Waals surface area contributed by atoms with E-state index in [0.29, 0.717) is 22.5 Å². The molecule has 3 nitrogen and oxygen atoms in total. The van der Waals surface area contributed by atoms with E-state index in [-0.39, 0.29) is 0 Å². The van der Waals surface area contributed by atoms with Gasteiger partial charge >= 0.3 is 0 Å². The zero-order valence-electron chi connectivity index (χ0n) is 8.62. The van der Waals surface area contributed by atoms with Crippen molar-refractivity contribution in [3.63, 3.8) is 0 Å². The fraction of sp³-hybridized carbons (Fsp3) is 0.0909. The van der Waals surface area contributed by atoms with E-state index < -0.39 is 0 Å². The molecule has 6 heteroatoms. The lowest BCUT2D eigenvalue weighted by Gasteiger charge is -2.07. The van der Waals surface area contributed by atoms with E-state index in [1.165, 1.54) is 0 Å². The third-order valence-electron chi connectivity index (χ3n) is 2.12. The number of rotatable bonds is 3. The van der Waals surface area contributed by atoms with E-state index in [9.17, 15) is 0 Å². The Morgan fingerprint density at radius 3 is 2.53 bits per heavy atom. The fourth-order valence-electron chi connectivity index (χ4n) is 1.28. The number of nitrogens with zero attached hydrogens (tertiary/aromatic N) is 2. The van der Waals surface area contributed by atoms with E-state index in [0.717, 1.165) is 10.0 Å². The quantitative estimate of drug-likeness (QED) is 0.917. The summed E-state index contributed by atoms with van der Waals surface area (Å²) >= 11 is 15.0. The Labute approximate surface area is 117 Å². The van der Waals surface area contributed by atoms with Gasteiger partial charge < -0.3 is 5.32 Å². The second kappa shape index (κ2) is 5.67. The van der Waals surface area contributed by atoms with Gasteiger partial charge in [-0.25, -0.2) is 0 Å². The molecular weight excluding hydrogens is 325 g/mol. The number of halogens is 3. The van der Waals surface area contributed by atoms with E-state index in [1.54, 1.807) is 6.07 Å². The van der Waals surface area contributed by atoms with Crippen LogP contribution in [0.1, 0.15) is 5.56 Å². The highest BCUT2D eigenvalue weighted by molar-refractivity contribution is 9.10. The van der Waals surface area contributed by atoms with Crippen LogP contribution in [0, 0.1) is 0 Å². The van der Waals surface area contributed by atoms with Crippen LogP contribution >= 0.6 is 39.1 Å². The normalized spacial score (nSPS) is 10.3. The maximum absolute atomic E-state index is 5.89. The Kier molecular flexibility index (Phi) is 4.20. The maximum atomic E-state index is 5.89. The Bertz CT molecular complexity index is 517. The Morgan fingerprint density at radius 1 is 1.12 bits per heavy atom. The third-order valence-corrected chi connectivity index (χ3v) is 3.11. The van der Waals surface area contributed by atoms with Crippen LogP contribution in [0.2, 0.25) is 10.3 Å². The molecule has 2 aromatic rings. The minimum atomic E-state index is 0.312. The Hall–Kier alpha value is -0.840. The van der Waals surface area contributed by atoms with Crippen molar-refractivity contribution in [2.75, 3.05) is 5.32 Å². The van der Waals surface area contributed by atoms with Crippen molar-refractivity contribution in [3.8, 4) is 0 Å². The molecule has 17 heavy (non-hydrogen) atoms. The summed E-state index contributed by atoms with van der Waals surface area (Å²) in [6.07, 6.45) is 0. The molecule has 0 saturated heterocycles. The molecule has 2 rings (SSSR count). The predicted molar refractivity (Wildman–Crippen MR) is 73.5 cm³/mol. The fourth-order valence-corrected chi connectivity index (χ4v) is 1.85. The second-order valence-corrected chi connectivity index (χ2v) is 5.01. The first-order valence-electron chi connectivity index (χ1n) is 4.82. The van der Waals surface area contributed by atoms with Gasteiger partial charge in [0.15, 0.2) is 10.3 Å². The van der Waals surface area contributed by atoms with E-state index >= 15 is 0 Å². The van der Waals surface area contributed by atoms with Crippen molar-refractivity contribution in [2.45, 2.75) is 6.54 Å². The SMILES string of the molecule is Clc1cc(NCc2ccc(Br)cc2)c(Cl)nn1. The summed E-state index contributed by atoms with van der Waals surface area (Å²) in [4.78, 5) is 0. The lowest BCUT2D eigenvalue weighted by atomic mass is 10.2. The average Bonchev–Trinajstić information content (AvgIpc) is 2.32. The highest BCUT2D eigenvalue weighted by Crippen LogP contribution is 2.21. The molecule has 0 amide bonds. The van der Waals surface area contributed by atoms with Crippen LogP contribution < -0.4 is 5.32 Å². The van der Waals surface area contributed by atoms with Crippen molar-refractivity contribution in [2.24, 2.45) is 0 Å². The van der Waals surface area contributed by atoms with Crippen LogP contribution in [0.15, 0.2) is 34.8 Å². The first-order chi connectivity index (χ1) is 8.15. The molecule has 1 aromatic carbocycles. The highest BCUT2D eigenvalue weighted by Gasteiger charge is 2.03. The van der Waals surface area contributed by atoms with Crippen LogP contribution in [-0.4, -0.2) is 10.2 Å². The van der Waals surface area contributed by atoms with Gasteiger partial charge in [0.05, 0.1) is 5.69 Å². The van der Waals surface area contributed by atoms with Crippen molar-refractivity contribution in [3.05, 3.63) is 50.7 Å². The van der Waals surface area contributed by atoms with Gasteiger partial charge in [0.2, 0.25) is 0 Å². The van der Waals surface area contributed by atoms with Crippen molar-refractivity contribution >= 4 is 44.8 Å². The average molecular weight is 333 g/mol. The molecule has 0 bridgehead atoms. The van der Waals surface area contributed by atoms with Crippen LogP contribution in [0.5, 0.6) is 0 Å². The summed E-state index contributed by atoms with van der Waals surface area (Å²) in [5.41, 5.74) is 1.81. The molecule has 1 N–H and O–H groups in total. The first kappa shape index (κ1) is 12.6. The number of aromatic nitrogens is 2. The predicted octanol–water partition coefficient (Wildman–Crippen LogP) is 4.16. The molecule has 1 aromatic heterocycles. The molecule has 0 fully saturated rings. The first-order valence-corrected chi connectivity index (χ1v) is 6.37. The molecule has 0 radical (unpaired) electrons. The largest absolute Gasteiger partial charge is 0.378 e. The number of hydrogen-bond donors (Lipinski definition) is 1. The minimum Gasteiger partial charge on any atom is -0.378 e. The number of anilines is 1. The molecule has 0 atom stereocenters. The van der Waals surface area contributed by atoms with Crippen molar-refractivity contribution in [1.29, 1.82) is 0 Å². The monoisotopic (exact) mass is 331 g/mol. The van der Waals surface area contributed by atoms with Gasteiger partial charge in [0.1, 0.15) is 0 Å². The summed E-state index contributed by atoms with van der Waals surface area (Å²) in [5, 5.41) is 11.1. The molecule has 0 aliphatic rings. The molecule has 0 aliphatic heterocycles. The van der Waals surface area contributed by atoms with Gasteiger partial charge in [-0.05, 0) is 17.7 Å². The van der Waals surface area contributed by atoms with Gasteiger partial charge in [0.25, 0.3) is 0 Å². The Morgan fingerprint density at radius 2 is 1.82 bits per heavy atom. The summed E-state index contributed by atoms with van der Waals surface area (Å²) in [5.74, 6) is 0. The highest BCUT2D eigenvalue weighted by atomic mass is 79.9. The minimum absolute atomic E-state index is 0.312. The smallest absolute Gasteiger partial charge is 0.174 e. The van der Waals surface area contributed by atoms with Crippen LogP contribution in [0.4, 0.5) is 5.69 Å². The lowest BCUT2D eigenvalue weighted by molar-refractivity contribution is 1.02. The van der Waals surface area contributed by atoms with Gasteiger partial charge in [-0.1, -0.05) is 51.3 Å². The topological polar surface area (TPSA) is 37.8 Å². The molecule has 0 spiro atoms. The van der Waals surface area contributed by atoms with Crippen LogP contribution in [-0.2, 0) is 6.54 Å². The maximum Gasteiger partial charge on any atom is 0.174 e. The zero-order valence-corrected chi connectivity index (χ0v) is 11.7. The molecule has 88 valence electrons. The summed E-state index contributed by atoms with van der Waals surface area (Å²) in [6, 6.07) is 9.64. The molecule has 0 unspecified atom stereocenters. The molecule has 0 aliphatic carbocycles. The van der Waals surface area contributed by atoms with E-state index in [1.807, 2.05) is 24.3 Å². The number of nitrogens with one attached hydrogen (secondary N) is 1. The Balaban J connectivity index is 2.07. The van der Waals surface area contributed by atoms with E-state index in [2.05, 4.69) is 31.4 Å². The van der Waals surface area contributed by atoms with Gasteiger partial charge in [0, 0.05) is 17.1 Å². The number of hydrogen-bond acceptors (Lipinski definition) is 3. The zero-order chi connectivity index (χ0) is 12.3. The summed E-state index contributed by atoms with van der Waals surface area (Å²) in [6.45, 7) is 0.648. The molecule has 0 saturated carbocycles. The van der Waals surface area contributed by atoms with Gasteiger partial charge in [-0.15, -0.1) is 10.2 Å². The van der Waals surface area contributed by atoms with Crippen LogP contribution in [0.3, 0.4) is 0 Å². The summed E-state index contributed by atoms with van der Waals surface area (Å²) < 4.78 is 1.05. The van der Waals surface area contributed by atoms with Gasteiger partial charge in [-0.2, -0.15) is 0 Å². The lowest BCUT2D eigenvalue weighted by Crippen LogP contribution is -2.01. The van der Waals surface area contributed by atoms with Crippen LogP contribution in [0.25, 0.3) is 0 Å². The molecule has 1 heterocycles.